The van der Waals surface area contributed by atoms with Gasteiger partial charge in [-0.15, -0.1) is 22.7 Å². The molecule has 4 heterocycles. The minimum Gasteiger partial charge on any atom is -0.463 e. The Kier molecular flexibility index (Phi) is 4.29. The third-order valence-corrected chi connectivity index (χ3v) is 6.21. The van der Waals surface area contributed by atoms with E-state index < -0.39 is 0 Å². The fourth-order valence-electron chi connectivity index (χ4n) is 2.86. The maximum absolute atomic E-state index is 12.7. The van der Waals surface area contributed by atoms with Crippen molar-refractivity contribution in [3.8, 4) is 10.4 Å². The molecule has 0 spiro atoms. The summed E-state index contributed by atoms with van der Waals surface area (Å²) in [5.41, 5.74) is 0.904. The van der Waals surface area contributed by atoms with Gasteiger partial charge in [-0.1, -0.05) is 6.07 Å². The van der Waals surface area contributed by atoms with Crippen molar-refractivity contribution in [2.24, 2.45) is 0 Å². The topological polar surface area (TPSA) is 63.3 Å². The van der Waals surface area contributed by atoms with Gasteiger partial charge >= 0.3 is 0 Å². The van der Waals surface area contributed by atoms with E-state index in [-0.39, 0.29) is 11.6 Å². The molecule has 7 heteroatoms. The number of aromatic nitrogens is 2. The molecule has 0 fully saturated rings. The van der Waals surface area contributed by atoms with Crippen molar-refractivity contribution in [1.29, 1.82) is 0 Å². The van der Waals surface area contributed by atoms with E-state index in [1.807, 2.05) is 35.0 Å². The van der Waals surface area contributed by atoms with Crippen molar-refractivity contribution in [3.63, 3.8) is 0 Å². The first-order valence-electron chi connectivity index (χ1n) is 8.03. The number of thiophene rings is 2. The predicted octanol–water partition coefficient (Wildman–Crippen LogP) is 3.08. The number of aromatic amines is 1. The van der Waals surface area contributed by atoms with E-state index in [0.717, 1.165) is 27.6 Å². The van der Waals surface area contributed by atoms with Gasteiger partial charge in [0.05, 0.1) is 18.7 Å². The fourth-order valence-corrected chi connectivity index (χ4v) is 4.63. The molecule has 0 amide bonds. The summed E-state index contributed by atoms with van der Waals surface area (Å²) in [5, 5.41) is 4.73. The van der Waals surface area contributed by atoms with Gasteiger partial charge in [0.2, 0.25) is 0 Å². The Morgan fingerprint density at radius 1 is 1.32 bits per heavy atom. The van der Waals surface area contributed by atoms with Crippen LogP contribution in [0.4, 0.5) is 0 Å². The summed E-state index contributed by atoms with van der Waals surface area (Å²) in [5.74, 6) is 1.63. The van der Waals surface area contributed by atoms with Gasteiger partial charge in [0.15, 0.2) is 11.6 Å². The highest BCUT2D eigenvalue weighted by atomic mass is 32.1. The molecule has 2 atom stereocenters. The van der Waals surface area contributed by atoms with Gasteiger partial charge in [0, 0.05) is 15.8 Å². The average Bonchev–Trinajstić information content (AvgIpc) is 3.34. The molecule has 4 rings (SSSR count). The quantitative estimate of drug-likeness (QED) is 0.566. The summed E-state index contributed by atoms with van der Waals surface area (Å²) in [6.07, 6.45) is 1.68. The van der Waals surface area contributed by atoms with Crippen LogP contribution < -0.4 is 10.5 Å². The minimum atomic E-state index is -0.0673. The first-order valence-corrected chi connectivity index (χ1v) is 9.79. The second kappa shape index (κ2) is 6.59. The van der Waals surface area contributed by atoms with Crippen molar-refractivity contribution in [2.45, 2.75) is 19.5 Å². The highest BCUT2D eigenvalue weighted by Gasteiger charge is 2.22. The average molecular weight is 372 g/mol. The van der Waals surface area contributed by atoms with Gasteiger partial charge in [-0.3, -0.25) is 4.79 Å². The van der Waals surface area contributed by atoms with Crippen molar-refractivity contribution < 1.29 is 9.32 Å². The monoisotopic (exact) mass is 372 g/mol. The smallest absolute Gasteiger partial charge is 0.260 e. The minimum absolute atomic E-state index is 0.0505. The maximum Gasteiger partial charge on any atom is 0.260 e. The second-order valence-electron chi connectivity index (χ2n) is 6.08. The van der Waals surface area contributed by atoms with E-state index in [1.165, 1.54) is 16.2 Å². The highest BCUT2D eigenvalue weighted by molar-refractivity contribution is 7.18. The Morgan fingerprint density at radius 3 is 2.92 bits per heavy atom. The number of rotatable bonds is 5. The lowest BCUT2D eigenvalue weighted by molar-refractivity contribution is -0.925. The van der Waals surface area contributed by atoms with Crippen molar-refractivity contribution in [3.05, 3.63) is 63.2 Å². The van der Waals surface area contributed by atoms with Crippen molar-refractivity contribution in [1.82, 2.24) is 9.97 Å². The van der Waals surface area contributed by atoms with Gasteiger partial charge < -0.3 is 14.3 Å². The zero-order valence-electron chi connectivity index (χ0n) is 13.9. The molecule has 0 saturated heterocycles. The van der Waals surface area contributed by atoms with Crippen LogP contribution in [-0.4, -0.2) is 17.0 Å². The van der Waals surface area contributed by atoms with Gasteiger partial charge in [-0.2, -0.15) is 0 Å². The van der Waals surface area contributed by atoms with Crippen LogP contribution in [0.1, 0.15) is 24.6 Å². The van der Waals surface area contributed by atoms with Crippen molar-refractivity contribution in [2.75, 3.05) is 7.05 Å². The largest absolute Gasteiger partial charge is 0.463 e. The SMILES string of the molecule is C[C@@H](c1nc2scc(-c3cccs3)c2c(=O)[nH]1)[NH+](C)Cc1ccco1. The highest BCUT2D eigenvalue weighted by Crippen LogP contribution is 2.33. The maximum atomic E-state index is 12.7. The molecular formula is C18H18N3O2S2+. The number of nitrogens with zero attached hydrogens (tertiary/aromatic N) is 1. The first-order chi connectivity index (χ1) is 12.1. The molecule has 0 aromatic carbocycles. The molecule has 1 unspecified atom stereocenters. The van der Waals surface area contributed by atoms with E-state index in [9.17, 15) is 4.79 Å². The van der Waals surface area contributed by atoms with E-state index in [0.29, 0.717) is 11.2 Å². The molecule has 0 aliphatic carbocycles. The fraction of sp³-hybridized carbons (Fsp3) is 0.222. The Hall–Kier alpha value is -2.22. The Bertz CT molecular complexity index is 1030. The van der Waals surface area contributed by atoms with E-state index >= 15 is 0 Å². The molecule has 5 nitrogen and oxygen atoms in total. The van der Waals surface area contributed by atoms with Gasteiger partial charge in [-0.25, -0.2) is 4.98 Å². The zero-order chi connectivity index (χ0) is 17.4. The number of hydrogen-bond donors (Lipinski definition) is 2. The normalized spacial score (nSPS) is 14.0. The van der Waals surface area contributed by atoms with E-state index in [2.05, 4.69) is 19.0 Å². The molecule has 0 radical (unpaired) electrons. The zero-order valence-corrected chi connectivity index (χ0v) is 15.5. The summed E-state index contributed by atoms with van der Waals surface area (Å²) >= 11 is 3.16. The lowest BCUT2D eigenvalue weighted by Gasteiger charge is -2.19. The van der Waals surface area contributed by atoms with Crippen LogP contribution >= 0.6 is 22.7 Å². The van der Waals surface area contributed by atoms with E-state index in [4.69, 9.17) is 9.40 Å². The molecule has 128 valence electrons. The molecule has 0 saturated carbocycles. The van der Waals surface area contributed by atoms with Crippen LogP contribution in [-0.2, 0) is 6.54 Å². The first kappa shape index (κ1) is 16.3. The lowest BCUT2D eigenvalue weighted by atomic mass is 10.2. The summed E-state index contributed by atoms with van der Waals surface area (Å²) < 4.78 is 5.42. The number of fused-ring (bicyclic) bond motifs is 1. The summed E-state index contributed by atoms with van der Waals surface area (Å²) in [6, 6.07) is 7.92. The number of furan rings is 1. The van der Waals surface area contributed by atoms with Crippen LogP contribution in [0.5, 0.6) is 0 Å². The third kappa shape index (κ3) is 3.06. The van der Waals surface area contributed by atoms with Crippen LogP contribution in [0.2, 0.25) is 0 Å². The molecule has 4 aromatic heterocycles. The third-order valence-electron chi connectivity index (χ3n) is 4.43. The molecule has 2 N–H and O–H groups in total. The van der Waals surface area contributed by atoms with Gasteiger partial charge in [0.1, 0.15) is 17.4 Å². The summed E-state index contributed by atoms with van der Waals surface area (Å²) in [4.78, 5) is 23.5. The Morgan fingerprint density at radius 2 is 2.20 bits per heavy atom. The molecule has 0 bridgehead atoms. The Labute approximate surface area is 152 Å². The summed E-state index contributed by atoms with van der Waals surface area (Å²) in [6.45, 7) is 2.80. The molecule has 4 aromatic rings. The van der Waals surface area contributed by atoms with E-state index in [1.54, 1.807) is 17.6 Å². The number of nitrogens with one attached hydrogen (secondary N) is 2. The number of hydrogen-bond acceptors (Lipinski definition) is 5. The van der Waals surface area contributed by atoms with Crippen LogP contribution in [0.15, 0.2) is 50.5 Å². The summed E-state index contributed by atoms with van der Waals surface area (Å²) in [7, 11) is 2.07. The lowest BCUT2D eigenvalue weighted by Crippen LogP contribution is -3.07. The standard InChI is InChI=1S/C18H17N3O2S2/c1-11(21(2)9-12-5-3-7-23-12)16-19-17(22)15-13(10-25-18(15)20-16)14-6-4-8-24-14/h3-8,10-11H,9H2,1-2H3,(H,19,20,22)/p+1/t11-/m0/s1. The van der Waals surface area contributed by atoms with Gasteiger partial charge in [0.25, 0.3) is 5.56 Å². The van der Waals surface area contributed by atoms with Crippen LogP contribution in [0.25, 0.3) is 20.7 Å². The Balaban J connectivity index is 1.68. The van der Waals surface area contributed by atoms with Gasteiger partial charge in [-0.05, 0) is 30.5 Å². The molecular weight excluding hydrogens is 354 g/mol. The number of H-pyrrole nitrogens is 1. The van der Waals surface area contributed by atoms with Crippen molar-refractivity contribution >= 4 is 32.9 Å². The molecule has 0 aliphatic heterocycles. The second-order valence-corrected chi connectivity index (χ2v) is 7.89. The molecule has 25 heavy (non-hydrogen) atoms. The van der Waals surface area contributed by atoms with Crippen LogP contribution in [0.3, 0.4) is 0 Å². The molecule has 0 aliphatic rings. The number of quaternary nitrogens is 1. The van der Waals surface area contributed by atoms with Crippen LogP contribution in [0, 0.1) is 0 Å². The predicted molar refractivity (Wildman–Crippen MR) is 101 cm³/mol.